The van der Waals surface area contributed by atoms with Crippen LogP contribution in [0.15, 0.2) is 11.1 Å². The molecule has 4 rings (SSSR count). The van der Waals surface area contributed by atoms with Crippen LogP contribution in [0.2, 0.25) is 0 Å². The van der Waals surface area contributed by atoms with E-state index in [1.165, 1.54) is 12.8 Å². The Hall–Kier alpha value is -0.220. The first-order valence-electron chi connectivity index (χ1n) is 11.1. The first kappa shape index (κ1) is 21.0. The van der Waals surface area contributed by atoms with Gasteiger partial charge in [-0.2, -0.15) is 0 Å². The fourth-order valence-corrected chi connectivity index (χ4v) is 9.16. The van der Waals surface area contributed by atoms with Crippen molar-refractivity contribution in [3.05, 3.63) is 11.1 Å². The topological polar surface area (TPSA) is 77.8 Å². The van der Waals surface area contributed by atoms with E-state index in [0.29, 0.717) is 42.4 Å². The summed E-state index contributed by atoms with van der Waals surface area (Å²) in [4.78, 5) is 19.1. The number of halogens is 1. The molecule has 3 N–H and O–H groups in total. The normalized spacial score (nSPS) is 47.3. The quantitative estimate of drug-likeness (QED) is 0.552. The second-order valence-corrected chi connectivity index (χ2v) is 12.4. The lowest BCUT2D eigenvalue weighted by Crippen LogP contribution is -2.53. The molecule has 0 aromatic heterocycles. The number of aliphatic hydroxyl groups is 1. The third kappa shape index (κ3) is 2.91. The maximum absolute atomic E-state index is 15.2. The van der Waals surface area contributed by atoms with E-state index in [1.807, 2.05) is 0 Å². The van der Waals surface area contributed by atoms with E-state index in [-0.39, 0.29) is 35.1 Å². The van der Waals surface area contributed by atoms with Crippen LogP contribution in [0.5, 0.6) is 0 Å². The first-order chi connectivity index (χ1) is 13.0. The molecule has 8 atom stereocenters. The second kappa shape index (κ2) is 6.90. The Labute approximate surface area is 168 Å². The number of rotatable bonds is 3. The molecule has 0 aromatic carbocycles. The SMILES string of the molecule is CC(CO)[C@H]1CC[C@H]2[C@@H]3CCC4C(F)=C(P(=O)(O)O)CC[C@]4(C)[C@H]3CC[C@]12C. The standard InChI is InChI=1S/C22H36FO4P/c1-13(12-24)15-6-7-16-14-4-5-18-20(23)19(28(25,26)27)9-11-22(18,3)17(14)8-10-21(15,16)2/h13-18,24H,4-12H2,1-3H3,(H2,25,26,27)/t13?,14-,15+,16-,17-,18?,21+,22+/m0/s1. The zero-order chi connectivity index (χ0) is 20.5. The average molecular weight is 414 g/mol. The molecule has 0 spiro atoms. The van der Waals surface area contributed by atoms with Gasteiger partial charge in [0.05, 0.1) is 5.31 Å². The van der Waals surface area contributed by atoms with Crippen molar-refractivity contribution >= 4 is 7.60 Å². The summed E-state index contributed by atoms with van der Waals surface area (Å²) in [5.74, 6) is 1.74. The van der Waals surface area contributed by atoms with E-state index in [0.717, 1.165) is 19.3 Å². The molecule has 4 aliphatic rings. The van der Waals surface area contributed by atoms with Crippen molar-refractivity contribution in [1.82, 2.24) is 0 Å². The van der Waals surface area contributed by atoms with Crippen LogP contribution in [0.1, 0.15) is 72.1 Å². The molecule has 3 fully saturated rings. The van der Waals surface area contributed by atoms with Gasteiger partial charge in [0, 0.05) is 12.5 Å². The highest BCUT2D eigenvalue weighted by Gasteiger charge is 2.61. The second-order valence-electron chi connectivity index (χ2n) is 10.7. The van der Waals surface area contributed by atoms with Crippen molar-refractivity contribution in [3.8, 4) is 0 Å². The van der Waals surface area contributed by atoms with Gasteiger partial charge in [-0.3, -0.25) is 4.57 Å². The van der Waals surface area contributed by atoms with Crippen LogP contribution in [-0.2, 0) is 4.57 Å². The Bertz CT molecular complexity index is 717. The Morgan fingerprint density at radius 3 is 2.39 bits per heavy atom. The Kier molecular flexibility index (Phi) is 5.18. The lowest BCUT2D eigenvalue weighted by atomic mass is 9.45. The van der Waals surface area contributed by atoms with Gasteiger partial charge in [-0.15, -0.1) is 0 Å². The van der Waals surface area contributed by atoms with Crippen LogP contribution >= 0.6 is 7.60 Å². The molecule has 160 valence electrons. The summed E-state index contributed by atoms with van der Waals surface area (Å²) < 4.78 is 27.0. The molecule has 0 bridgehead atoms. The number of fused-ring (bicyclic) bond motifs is 5. The molecule has 0 amide bonds. The molecule has 2 unspecified atom stereocenters. The number of allylic oxidation sites excluding steroid dienone is 2. The third-order valence-corrected chi connectivity index (χ3v) is 10.9. The van der Waals surface area contributed by atoms with Gasteiger partial charge in [0.25, 0.3) is 0 Å². The van der Waals surface area contributed by atoms with Crippen LogP contribution in [0, 0.1) is 46.3 Å². The maximum Gasteiger partial charge on any atom is 0.354 e. The van der Waals surface area contributed by atoms with Crippen molar-refractivity contribution in [3.63, 3.8) is 0 Å². The van der Waals surface area contributed by atoms with Crippen LogP contribution in [0.3, 0.4) is 0 Å². The van der Waals surface area contributed by atoms with E-state index < -0.39 is 13.4 Å². The maximum atomic E-state index is 15.2. The van der Waals surface area contributed by atoms with Gasteiger partial charge in [-0.1, -0.05) is 20.8 Å². The molecule has 6 heteroatoms. The molecule has 0 saturated heterocycles. The molecule has 4 nitrogen and oxygen atoms in total. The molecule has 0 radical (unpaired) electrons. The van der Waals surface area contributed by atoms with Crippen LogP contribution in [0.4, 0.5) is 4.39 Å². The molecule has 0 heterocycles. The average Bonchev–Trinajstić information content (AvgIpc) is 2.97. The molecular formula is C22H36FO4P. The predicted octanol–water partition coefficient (Wildman–Crippen LogP) is 5.24. The van der Waals surface area contributed by atoms with Gasteiger partial charge >= 0.3 is 7.60 Å². The van der Waals surface area contributed by atoms with Crippen molar-refractivity contribution in [2.24, 2.45) is 46.3 Å². The van der Waals surface area contributed by atoms with Crippen molar-refractivity contribution in [1.29, 1.82) is 0 Å². The fraction of sp³-hybridized carbons (Fsp3) is 0.909. The highest BCUT2D eigenvalue weighted by molar-refractivity contribution is 7.56. The molecule has 3 saturated carbocycles. The van der Waals surface area contributed by atoms with Gasteiger partial charge < -0.3 is 14.9 Å². The summed E-state index contributed by atoms with van der Waals surface area (Å²) in [5.41, 5.74) is 0.0836. The Balaban J connectivity index is 1.63. The molecule has 0 aromatic rings. The first-order valence-corrected chi connectivity index (χ1v) is 12.7. The van der Waals surface area contributed by atoms with Crippen molar-refractivity contribution in [2.45, 2.75) is 72.1 Å². The Morgan fingerprint density at radius 2 is 1.75 bits per heavy atom. The highest BCUT2D eigenvalue weighted by Crippen LogP contribution is 2.70. The summed E-state index contributed by atoms with van der Waals surface area (Å²) in [6, 6.07) is 0. The molecule has 4 aliphatic carbocycles. The lowest BCUT2D eigenvalue weighted by molar-refractivity contribution is -0.104. The minimum atomic E-state index is -4.50. The largest absolute Gasteiger partial charge is 0.396 e. The van der Waals surface area contributed by atoms with Gasteiger partial charge in [-0.25, -0.2) is 4.39 Å². The smallest absolute Gasteiger partial charge is 0.354 e. The van der Waals surface area contributed by atoms with E-state index in [4.69, 9.17) is 0 Å². The number of hydrogen-bond acceptors (Lipinski definition) is 2. The van der Waals surface area contributed by atoms with Crippen LogP contribution in [-0.4, -0.2) is 21.5 Å². The third-order valence-electron chi connectivity index (χ3n) is 9.75. The summed E-state index contributed by atoms with van der Waals surface area (Å²) >= 11 is 0. The van der Waals surface area contributed by atoms with E-state index in [9.17, 15) is 19.5 Å². The van der Waals surface area contributed by atoms with E-state index in [1.54, 1.807) is 0 Å². The minimum Gasteiger partial charge on any atom is -0.396 e. The van der Waals surface area contributed by atoms with Crippen molar-refractivity contribution < 1.29 is 23.8 Å². The van der Waals surface area contributed by atoms with Gasteiger partial charge in [0.1, 0.15) is 5.83 Å². The minimum absolute atomic E-state index is 0.187. The zero-order valence-corrected chi connectivity index (χ0v) is 18.3. The van der Waals surface area contributed by atoms with Gasteiger partial charge in [0.2, 0.25) is 0 Å². The zero-order valence-electron chi connectivity index (χ0n) is 17.4. The predicted molar refractivity (Wildman–Crippen MR) is 107 cm³/mol. The van der Waals surface area contributed by atoms with E-state index in [2.05, 4.69) is 20.8 Å². The van der Waals surface area contributed by atoms with Gasteiger partial charge in [0.15, 0.2) is 0 Å². The van der Waals surface area contributed by atoms with Crippen molar-refractivity contribution in [2.75, 3.05) is 6.61 Å². The number of hydrogen-bond donors (Lipinski definition) is 3. The fourth-order valence-electron chi connectivity index (χ4n) is 8.33. The monoisotopic (exact) mass is 414 g/mol. The summed E-state index contributed by atoms with van der Waals surface area (Å²) in [7, 11) is -4.50. The summed E-state index contributed by atoms with van der Waals surface area (Å²) in [6.45, 7) is 7.05. The van der Waals surface area contributed by atoms with Crippen LogP contribution in [0.25, 0.3) is 0 Å². The Morgan fingerprint density at radius 1 is 1.07 bits per heavy atom. The highest BCUT2D eigenvalue weighted by atomic mass is 31.2. The summed E-state index contributed by atoms with van der Waals surface area (Å²) in [5, 5.41) is 9.51. The lowest BCUT2D eigenvalue weighted by Gasteiger charge is -2.60. The molecule has 28 heavy (non-hydrogen) atoms. The summed E-state index contributed by atoms with van der Waals surface area (Å²) in [6.07, 6.45) is 7.16. The molecule has 0 aliphatic heterocycles. The molecular weight excluding hydrogens is 378 g/mol. The van der Waals surface area contributed by atoms with E-state index >= 15 is 4.39 Å². The number of aliphatic hydroxyl groups excluding tert-OH is 1. The van der Waals surface area contributed by atoms with Gasteiger partial charge in [-0.05, 0) is 91.8 Å². The van der Waals surface area contributed by atoms with Crippen LogP contribution < -0.4 is 0 Å².